The van der Waals surface area contributed by atoms with Gasteiger partial charge in [0.15, 0.2) is 10.9 Å². The van der Waals surface area contributed by atoms with Gasteiger partial charge in [0.25, 0.3) is 0 Å². The topological polar surface area (TPSA) is 67.0 Å². The van der Waals surface area contributed by atoms with E-state index >= 15 is 0 Å². The predicted octanol–water partition coefficient (Wildman–Crippen LogP) is 2.02. The standard InChI is InChI=1S/C17H20N6OS/c1-18-16(20-10-13-11-23-8-9-25-17(23)21-13)22-7-5-14(12-22)24-15-4-2-3-6-19-15/h2-4,6,8-9,11,14H,5,7,10,12H2,1H3,(H,18,20). The molecule has 4 heterocycles. The number of hydrogen-bond donors (Lipinski definition) is 1. The van der Waals surface area contributed by atoms with Crippen LogP contribution >= 0.6 is 11.3 Å². The van der Waals surface area contributed by atoms with Crippen molar-refractivity contribution in [1.29, 1.82) is 0 Å². The van der Waals surface area contributed by atoms with E-state index < -0.39 is 0 Å². The van der Waals surface area contributed by atoms with Gasteiger partial charge in [-0.2, -0.15) is 0 Å². The molecule has 25 heavy (non-hydrogen) atoms. The zero-order valence-corrected chi connectivity index (χ0v) is 14.8. The molecule has 1 unspecified atom stereocenters. The van der Waals surface area contributed by atoms with Crippen molar-refractivity contribution in [3.63, 3.8) is 0 Å². The Bertz CT molecular complexity index is 830. The van der Waals surface area contributed by atoms with Crippen LogP contribution < -0.4 is 10.1 Å². The molecule has 0 amide bonds. The predicted molar refractivity (Wildman–Crippen MR) is 98.1 cm³/mol. The Hall–Kier alpha value is -2.61. The monoisotopic (exact) mass is 356 g/mol. The summed E-state index contributed by atoms with van der Waals surface area (Å²) in [6.45, 7) is 2.37. The summed E-state index contributed by atoms with van der Waals surface area (Å²) >= 11 is 1.64. The van der Waals surface area contributed by atoms with Crippen molar-refractivity contribution in [2.24, 2.45) is 4.99 Å². The van der Waals surface area contributed by atoms with Crippen LogP contribution in [0.15, 0.2) is 47.2 Å². The highest BCUT2D eigenvalue weighted by Crippen LogP contribution is 2.16. The lowest BCUT2D eigenvalue weighted by Crippen LogP contribution is -2.40. The van der Waals surface area contributed by atoms with Crippen molar-refractivity contribution in [3.05, 3.63) is 47.9 Å². The molecule has 0 bridgehead atoms. The van der Waals surface area contributed by atoms with Crippen LogP contribution in [0.2, 0.25) is 0 Å². The second-order valence-electron chi connectivity index (χ2n) is 5.87. The van der Waals surface area contributed by atoms with Crippen LogP contribution in [0.5, 0.6) is 5.88 Å². The van der Waals surface area contributed by atoms with E-state index in [9.17, 15) is 0 Å². The number of rotatable bonds is 4. The zero-order chi connectivity index (χ0) is 17.1. The smallest absolute Gasteiger partial charge is 0.213 e. The summed E-state index contributed by atoms with van der Waals surface area (Å²) in [5.41, 5.74) is 1.01. The normalized spacial score (nSPS) is 18.0. The van der Waals surface area contributed by atoms with Crippen molar-refractivity contribution in [1.82, 2.24) is 24.6 Å². The fourth-order valence-electron chi connectivity index (χ4n) is 2.97. The molecule has 0 aromatic carbocycles. The number of ether oxygens (including phenoxy) is 1. The lowest BCUT2D eigenvalue weighted by molar-refractivity contribution is 0.205. The van der Waals surface area contributed by atoms with Gasteiger partial charge in [-0.05, 0) is 6.07 Å². The van der Waals surface area contributed by atoms with Crippen molar-refractivity contribution in [3.8, 4) is 5.88 Å². The first-order valence-corrected chi connectivity index (χ1v) is 9.14. The van der Waals surface area contributed by atoms with Crippen LogP contribution in [0.4, 0.5) is 0 Å². The summed E-state index contributed by atoms with van der Waals surface area (Å²) < 4.78 is 7.98. The number of likely N-dealkylation sites (tertiary alicyclic amines) is 1. The molecule has 3 aromatic rings. The summed E-state index contributed by atoms with van der Waals surface area (Å²) in [5.74, 6) is 1.55. The molecule has 130 valence electrons. The van der Waals surface area contributed by atoms with Gasteiger partial charge in [-0.15, -0.1) is 11.3 Å². The lowest BCUT2D eigenvalue weighted by atomic mass is 10.3. The van der Waals surface area contributed by atoms with E-state index in [1.807, 2.05) is 40.4 Å². The van der Waals surface area contributed by atoms with Crippen LogP contribution in [0.3, 0.4) is 0 Å². The Morgan fingerprint density at radius 3 is 3.24 bits per heavy atom. The number of fused-ring (bicyclic) bond motifs is 1. The molecule has 1 fully saturated rings. The summed E-state index contributed by atoms with van der Waals surface area (Å²) in [7, 11) is 1.81. The third-order valence-electron chi connectivity index (χ3n) is 4.15. The second-order valence-corrected chi connectivity index (χ2v) is 6.74. The van der Waals surface area contributed by atoms with E-state index in [-0.39, 0.29) is 6.10 Å². The minimum absolute atomic E-state index is 0.131. The number of hydrogen-bond acceptors (Lipinski definition) is 5. The lowest BCUT2D eigenvalue weighted by Gasteiger charge is -2.21. The van der Waals surface area contributed by atoms with E-state index in [1.54, 1.807) is 24.6 Å². The maximum Gasteiger partial charge on any atom is 0.213 e. The summed E-state index contributed by atoms with van der Waals surface area (Å²) in [6.07, 6.45) is 6.90. The molecule has 1 saturated heterocycles. The van der Waals surface area contributed by atoms with Gasteiger partial charge in [0.2, 0.25) is 5.88 Å². The number of guanidine groups is 1. The van der Waals surface area contributed by atoms with Gasteiger partial charge in [-0.3, -0.25) is 9.39 Å². The Morgan fingerprint density at radius 2 is 2.44 bits per heavy atom. The van der Waals surface area contributed by atoms with E-state index in [4.69, 9.17) is 4.74 Å². The molecule has 7 nitrogen and oxygen atoms in total. The largest absolute Gasteiger partial charge is 0.472 e. The minimum Gasteiger partial charge on any atom is -0.472 e. The molecular weight excluding hydrogens is 336 g/mol. The van der Waals surface area contributed by atoms with Crippen LogP contribution in [-0.2, 0) is 6.54 Å². The van der Waals surface area contributed by atoms with Gasteiger partial charge in [0.05, 0.1) is 18.8 Å². The number of aromatic nitrogens is 3. The number of nitrogens with zero attached hydrogens (tertiary/aromatic N) is 5. The molecule has 3 aromatic heterocycles. The third-order valence-corrected chi connectivity index (χ3v) is 4.92. The molecule has 1 N–H and O–H groups in total. The molecule has 0 radical (unpaired) electrons. The fraction of sp³-hybridized carbons (Fsp3) is 0.353. The summed E-state index contributed by atoms with van der Waals surface area (Å²) in [4.78, 5) is 16.4. The number of aliphatic imine (C=N–C) groups is 1. The zero-order valence-electron chi connectivity index (χ0n) is 14.0. The van der Waals surface area contributed by atoms with Crippen LogP contribution in [-0.4, -0.2) is 51.5 Å². The first kappa shape index (κ1) is 15.9. The van der Waals surface area contributed by atoms with Gasteiger partial charge in [0.1, 0.15) is 6.10 Å². The van der Waals surface area contributed by atoms with Crippen molar-refractivity contribution < 1.29 is 4.74 Å². The average molecular weight is 356 g/mol. The molecule has 1 atom stereocenters. The highest BCUT2D eigenvalue weighted by Gasteiger charge is 2.26. The molecule has 1 aliphatic heterocycles. The van der Waals surface area contributed by atoms with Crippen molar-refractivity contribution >= 4 is 22.3 Å². The van der Waals surface area contributed by atoms with Gasteiger partial charge in [-0.1, -0.05) is 6.07 Å². The van der Waals surface area contributed by atoms with Crippen molar-refractivity contribution in [2.75, 3.05) is 20.1 Å². The number of thiazole rings is 1. The Kier molecular flexibility index (Phi) is 4.51. The van der Waals surface area contributed by atoms with Crippen LogP contribution in [0.25, 0.3) is 4.96 Å². The van der Waals surface area contributed by atoms with Crippen molar-refractivity contribution in [2.45, 2.75) is 19.1 Å². The molecule has 1 aliphatic rings. The number of nitrogens with one attached hydrogen (secondary N) is 1. The average Bonchev–Trinajstić information content (AvgIpc) is 3.33. The van der Waals surface area contributed by atoms with Crippen LogP contribution in [0.1, 0.15) is 12.1 Å². The first-order valence-electron chi connectivity index (χ1n) is 8.26. The minimum atomic E-state index is 0.131. The quantitative estimate of drug-likeness (QED) is 0.572. The summed E-state index contributed by atoms with van der Waals surface area (Å²) in [6, 6.07) is 5.71. The molecule has 0 aliphatic carbocycles. The Labute approximate surface area is 150 Å². The number of pyridine rings is 1. The molecule has 0 saturated carbocycles. The van der Waals surface area contributed by atoms with E-state index in [0.29, 0.717) is 12.4 Å². The molecule has 4 rings (SSSR count). The maximum absolute atomic E-state index is 5.94. The van der Waals surface area contributed by atoms with E-state index in [2.05, 4.69) is 25.2 Å². The second kappa shape index (κ2) is 7.10. The fourth-order valence-corrected chi connectivity index (χ4v) is 3.69. The van der Waals surface area contributed by atoms with E-state index in [1.165, 1.54) is 0 Å². The van der Waals surface area contributed by atoms with Crippen LogP contribution in [0, 0.1) is 0 Å². The van der Waals surface area contributed by atoms with Gasteiger partial charge < -0.3 is 15.0 Å². The molecule has 8 heteroatoms. The van der Waals surface area contributed by atoms with Gasteiger partial charge in [-0.25, -0.2) is 9.97 Å². The maximum atomic E-state index is 5.94. The number of imidazole rings is 1. The SMILES string of the molecule is CN=C(NCc1cn2ccsc2n1)N1CCC(Oc2ccccn2)C1. The van der Waals surface area contributed by atoms with E-state index in [0.717, 1.165) is 36.1 Å². The molecule has 0 spiro atoms. The highest BCUT2D eigenvalue weighted by atomic mass is 32.1. The third kappa shape index (κ3) is 3.58. The summed E-state index contributed by atoms with van der Waals surface area (Å²) in [5, 5.41) is 5.43. The van der Waals surface area contributed by atoms with Gasteiger partial charge in [0, 0.05) is 50.1 Å². The Morgan fingerprint density at radius 1 is 1.48 bits per heavy atom. The van der Waals surface area contributed by atoms with Gasteiger partial charge >= 0.3 is 0 Å². The first-order chi connectivity index (χ1) is 12.3. The molecular formula is C17H20N6OS. The Balaban J connectivity index is 1.33. The highest BCUT2D eigenvalue weighted by molar-refractivity contribution is 7.15.